The molecular weight excluding hydrogens is 436 g/mol. The first-order chi connectivity index (χ1) is 15.1. The zero-order valence-corrected chi connectivity index (χ0v) is 18.5. The first-order valence-corrected chi connectivity index (χ1v) is 11.8. The molecule has 0 saturated heterocycles. The Balaban J connectivity index is 1.48. The third-order valence-corrected chi connectivity index (χ3v) is 7.32. The van der Waals surface area contributed by atoms with Gasteiger partial charge < -0.3 is 8.94 Å². The van der Waals surface area contributed by atoms with E-state index in [1.165, 1.54) is 16.6 Å². The van der Waals surface area contributed by atoms with E-state index >= 15 is 0 Å². The van der Waals surface area contributed by atoms with Crippen LogP contribution in [-0.2, 0) is 24.2 Å². The molecule has 4 aromatic heterocycles. The number of nitrogens with one attached hydrogen (secondary N) is 1. The first kappa shape index (κ1) is 20.1. The first-order valence-electron chi connectivity index (χ1n) is 10.0. The third kappa shape index (κ3) is 4.05. The predicted molar refractivity (Wildman–Crippen MR) is 119 cm³/mol. The average Bonchev–Trinajstić information content (AvgIpc) is 3.48. The molecule has 1 aliphatic rings. The van der Waals surface area contributed by atoms with Crippen molar-refractivity contribution in [2.75, 3.05) is 11.1 Å². The van der Waals surface area contributed by atoms with Crippen molar-refractivity contribution < 1.29 is 13.7 Å². The maximum atomic E-state index is 13.5. The maximum Gasteiger partial charge on any atom is 0.263 e. The van der Waals surface area contributed by atoms with Crippen LogP contribution in [0.5, 0.6) is 0 Å². The number of thioether (sulfide) groups is 1. The molecule has 160 valence electrons. The van der Waals surface area contributed by atoms with Crippen molar-refractivity contribution in [1.29, 1.82) is 0 Å². The fourth-order valence-electron chi connectivity index (χ4n) is 3.75. The summed E-state index contributed by atoms with van der Waals surface area (Å²) in [5.74, 6) is 0.785. The summed E-state index contributed by atoms with van der Waals surface area (Å²) in [5.41, 5.74) is 1.76. The van der Waals surface area contributed by atoms with Crippen LogP contribution in [0.2, 0.25) is 0 Å². The molecule has 0 bridgehead atoms. The Labute approximate surface area is 185 Å². The number of anilines is 1. The lowest BCUT2D eigenvalue weighted by atomic mass is 9.97. The number of carbonyl (C=O) groups is 1. The van der Waals surface area contributed by atoms with Crippen LogP contribution in [0.25, 0.3) is 10.2 Å². The zero-order chi connectivity index (χ0) is 21.4. The molecule has 0 fully saturated rings. The van der Waals surface area contributed by atoms with Gasteiger partial charge in [-0.05, 0) is 50.3 Å². The fourth-order valence-corrected chi connectivity index (χ4v) is 5.86. The summed E-state index contributed by atoms with van der Waals surface area (Å²) in [4.78, 5) is 32.7. The van der Waals surface area contributed by atoms with Crippen molar-refractivity contribution in [3.8, 4) is 0 Å². The fraction of sp³-hybridized carbons (Fsp3) is 0.333. The molecule has 0 radical (unpaired) electrons. The quantitative estimate of drug-likeness (QED) is 0.345. The van der Waals surface area contributed by atoms with E-state index in [0.717, 1.165) is 41.5 Å². The van der Waals surface area contributed by atoms with Gasteiger partial charge in [-0.25, -0.2) is 4.98 Å². The molecule has 0 atom stereocenters. The standard InChI is InChI=1S/C21H20N4O4S2/c1-12-9-17(29-24-12)22-16(26)11-30-21-23-19-18(14-6-2-3-7-15(14)31-19)20(27)25(21)10-13-5-4-8-28-13/h4-5,8-9H,2-3,6-7,10-11H2,1H3,(H,22,26). The predicted octanol–water partition coefficient (Wildman–Crippen LogP) is 4.01. The van der Waals surface area contributed by atoms with Crippen LogP contribution in [0.3, 0.4) is 0 Å². The summed E-state index contributed by atoms with van der Waals surface area (Å²) in [6.07, 6.45) is 5.73. The number of rotatable bonds is 6. The van der Waals surface area contributed by atoms with E-state index in [0.29, 0.717) is 22.5 Å². The Morgan fingerprint density at radius 1 is 1.35 bits per heavy atom. The molecular formula is C21H20N4O4S2. The van der Waals surface area contributed by atoms with Crippen molar-refractivity contribution in [2.45, 2.75) is 44.3 Å². The van der Waals surface area contributed by atoms with E-state index in [2.05, 4.69) is 10.5 Å². The molecule has 1 aliphatic carbocycles. The van der Waals surface area contributed by atoms with E-state index in [4.69, 9.17) is 13.9 Å². The molecule has 0 aliphatic heterocycles. The number of aryl methyl sites for hydroxylation is 3. The summed E-state index contributed by atoms with van der Waals surface area (Å²) < 4.78 is 12.1. The highest BCUT2D eigenvalue weighted by atomic mass is 32.2. The van der Waals surface area contributed by atoms with Crippen molar-refractivity contribution in [3.05, 3.63) is 56.7 Å². The number of carbonyl (C=O) groups excluding carboxylic acids is 1. The van der Waals surface area contributed by atoms with Gasteiger partial charge in [0.25, 0.3) is 5.56 Å². The highest BCUT2D eigenvalue weighted by Crippen LogP contribution is 2.34. The normalized spacial score (nSPS) is 13.5. The van der Waals surface area contributed by atoms with Crippen molar-refractivity contribution >= 4 is 45.1 Å². The van der Waals surface area contributed by atoms with Crippen molar-refractivity contribution in [2.24, 2.45) is 0 Å². The number of hydrogen-bond donors (Lipinski definition) is 1. The number of amides is 1. The number of aromatic nitrogens is 3. The average molecular weight is 457 g/mol. The van der Waals surface area contributed by atoms with Crippen LogP contribution < -0.4 is 10.9 Å². The summed E-state index contributed by atoms with van der Waals surface area (Å²) in [6.45, 7) is 2.05. The summed E-state index contributed by atoms with van der Waals surface area (Å²) in [7, 11) is 0. The molecule has 1 N–H and O–H groups in total. The SMILES string of the molecule is Cc1cc(NC(=O)CSc2nc3sc4c(c3c(=O)n2Cc2ccco2)CCCC4)on1. The highest BCUT2D eigenvalue weighted by molar-refractivity contribution is 7.99. The number of thiophene rings is 1. The molecule has 10 heteroatoms. The van der Waals surface area contributed by atoms with Gasteiger partial charge >= 0.3 is 0 Å². The van der Waals surface area contributed by atoms with Gasteiger partial charge in [-0.1, -0.05) is 16.9 Å². The molecule has 5 rings (SSSR count). The molecule has 1 amide bonds. The summed E-state index contributed by atoms with van der Waals surface area (Å²) in [6, 6.07) is 5.27. The Morgan fingerprint density at radius 2 is 2.23 bits per heavy atom. The van der Waals surface area contributed by atoms with E-state index < -0.39 is 0 Å². The monoisotopic (exact) mass is 456 g/mol. The molecule has 4 heterocycles. The largest absolute Gasteiger partial charge is 0.467 e. The van der Waals surface area contributed by atoms with Gasteiger partial charge in [-0.15, -0.1) is 11.3 Å². The molecule has 0 saturated carbocycles. The minimum atomic E-state index is -0.259. The van der Waals surface area contributed by atoms with E-state index in [1.807, 2.05) is 6.07 Å². The second-order valence-corrected chi connectivity index (χ2v) is 9.45. The Hall–Kier alpha value is -2.85. The second-order valence-electron chi connectivity index (χ2n) is 7.43. The van der Waals surface area contributed by atoms with Crippen LogP contribution in [-0.4, -0.2) is 26.4 Å². The molecule has 0 unspecified atom stereocenters. The van der Waals surface area contributed by atoms with Crippen molar-refractivity contribution in [1.82, 2.24) is 14.7 Å². The van der Waals surface area contributed by atoms with Crippen molar-refractivity contribution in [3.63, 3.8) is 0 Å². The van der Waals surface area contributed by atoms with Crippen LogP contribution in [0.4, 0.5) is 5.88 Å². The second kappa shape index (κ2) is 8.35. The number of nitrogens with zero attached hydrogens (tertiary/aromatic N) is 3. The number of fused-ring (bicyclic) bond motifs is 3. The lowest BCUT2D eigenvalue weighted by molar-refractivity contribution is -0.113. The smallest absolute Gasteiger partial charge is 0.263 e. The molecule has 0 aromatic carbocycles. The molecule has 31 heavy (non-hydrogen) atoms. The minimum Gasteiger partial charge on any atom is -0.467 e. The van der Waals surface area contributed by atoms with Gasteiger partial charge in [0.05, 0.1) is 29.6 Å². The minimum absolute atomic E-state index is 0.0745. The topological polar surface area (TPSA) is 103 Å². The van der Waals surface area contributed by atoms with Gasteiger partial charge in [0.15, 0.2) is 5.16 Å². The molecule has 8 nitrogen and oxygen atoms in total. The van der Waals surface area contributed by atoms with Crippen LogP contribution in [0.15, 0.2) is 43.4 Å². The highest BCUT2D eigenvalue weighted by Gasteiger charge is 2.23. The molecule has 0 spiro atoms. The number of furan rings is 1. The summed E-state index contributed by atoms with van der Waals surface area (Å²) >= 11 is 2.82. The number of hydrogen-bond acceptors (Lipinski definition) is 8. The maximum absolute atomic E-state index is 13.5. The van der Waals surface area contributed by atoms with Gasteiger partial charge in [-0.3, -0.25) is 19.5 Å². The van der Waals surface area contributed by atoms with E-state index in [-0.39, 0.29) is 23.8 Å². The summed E-state index contributed by atoms with van der Waals surface area (Å²) in [5, 5.41) is 7.64. The molecule has 4 aromatic rings. The third-order valence-electron chi connectivity index (χ3n) is 5.16. The Bertz CT molecular complexity index is 1300. The Morgan fingerprint density at radius 3 is 3.00 bits per heavy atom. The van der Waals surface area contributed by atoms with E-state index in [1.54, 1.807) is 41.2 Å². The lowest BCUT2D eigenvalue weighted by Gasteiger charge is -2.12. The van der Waals surface area contributed by atoms with Gasteiger partial charge in [0.1, 0.15) is 10.6 Å². The van der Waals surface area contributed by atoms with Crippen LogP contribution in [0.1, 0.15) is 34.7 Å². The van der Waals surface area contributed by atoms with Crippen LogP contribution in [0, 0.1) is 6.92 Å². The van der Waals surface area contributed by atoms with Crippen LogP contribution >= 0.6 is 23.1 Å². The Kier molecular flexibility index (Phi) is 5.41. The van der Waals surface area contributed by atoms with Gasteiger partial charge in [0.2, 0.25) is 11.8 Å². The van der Waals surface area contributed by atoms with Gasteiger partial charge in [0, 0.05) is 10.9 Å². The lowest BCUT2D eigenvalue weighted by Crippen LogP contribution is -2.25. The van der Waals surface area contributed by atoms with Gasteiger partial charge in [-0.2, -0.15) is 0 Å². The van der Waals surface area contributed by atoms with E-state index in [9.17, 15) is 9.59 Å². The zero-order valence-electron chi connectivity index (χ0n) is 16.8.